The largest absolute Gasteiger partial charge is 0.381 e. The second kappa shape index (κ2) is 8.03. The summed E-state index contributed by atoms with van der Waals surface area (Å²) in [5.41, 5.74) is 1.97. The summed E-state index contributed by atoms with van der Waals surface area (Å²) in [6.07, 6.45) is 9.52. The molecule has 2 rings (SSSR count). The number of benzene rings is 1. The van der Waals surface area contributed by atoms with E-state index in [4.69, 9.17) is 11.6 Å². The number of aromatic nitrogens is 3. The molecule has 1 unspecified atom stereocenters. The van der Waals surface area contributed by atoms with Gasteiger partial charge in [0.2, 0.25) is 0 Å². The first-order chi connectivity index (χ1) is 10.2. The lowest BCUT2D eigenvalue weighted by Gasteiger charge is -2.18. The van der Waals surface area contributed by atoms with Crippen LogP contribution in [0.1, 0.15) is 46.0 Å². The smallest absolute Gasteiger partial charge is 0.138 e. The molecule has 5 heteroatoms. The molecule has 1 heterocycles. The van der Waals surface area contributed by atoms with Gasteiger partial charge in [-0.25, -0.2) is 9.67 Å². The van der Waals surface area contributed by atoms with E-state index in [1.54, 1.807) is 11.0 Å². The first-order valence-electron chi connectivity index (χ1n) is 7.61. The average molecular weight is 307 g/mol. The zero-order chi connectivity index (χ0) is 15.1. The molecular formula is C16H23ClN4. The van der Waals surface area contributed by atoms with Gasteiger partial charge < -0.3 is 5.32 Å². The van der Waals surface area contributed by atoms with Crippen molar-refractivity contribution < 1.29 is 0 Å². The molecular weight excluding hydrogens is 284 g/mol. The van der Waals surface area contributed by atoms with E-state index in [0.29, 0.717) is 6.04 Å². The summed E-state index contributed by atoms with van der Waals surface area (Å²) in [6, 6.07) is 6.18. The summed E-state index contributed by atoms with van der Waals surface area (Å²) in [7, 11) is 0. The van der Waals surface area contributed by atoms with Gasteiger partial charge in [-0.05, 0) is 31.5 Å². The summed E-state index contributed by atoms with van der Waals surface area (Å²) < 4.78 is 1.75. The highest BCUT2D eigenvalue weighted by Crippen LogP contribution is 2.25. The van der Waals surface area contributed by atoms with Crippen LogP contribution in [-0.4, -0.2) is 20.8 Å². The minimum absolute atomic E-state index is 0.405. The van der Waals surface area contributed by atoms with Crippen molar-refractivity contribution in [1.29, 1.82) is 0 Å². The van der Waals surface area contributed by atoms with Crippen molar-refractivity contribution in [3.8, 4) is 5.69 Å². The fourth-order valence-electron chi connectivity index (χ4n) is 2.37. The Morgan fingerprint density at radius 1 is 1.29 bits per heavy atom. The van der Waals surface area contributed by atoms with Crippen LogP contribution < -0.4 is 5.32 Å². The van der Waals surface area contributed by atoms with Crippen molar-refractivity contribution in [3.63, 3.8) is 0 Å². The van der Waals surface area contributed by atoms with Gasteiger partial charge in [0, 0.05) is 11.1 Å². The summed E-state index contributed by atoms with van der Waals surface area (Å²) in [4.78, 5) is 4.00. The molecule has 0 aliphatic heterocycles. The lowest BCUT2D eigenvalue weighted by Crippen LogP contribution is -2.16. The lowest BCUT2D eigenvalue weighted by atomic mass is 10.1. The van der Waals surface area contributed by atoms with Crippen LogP contribution in [0.3, 0.4) is 0 Å². The van der Waals surface area contributed by atoms with E-state index in [9.17, 15) is 0 Å². The summed E-state index contributed by atoms with van der Waals surface area (Å²) in [5, 5.41) is 8.46. The predicted octanol–water partition coefficient (Wildman–Crippen LogP) is 4.69. The van der Waals surface area contributed by atoms with Crippen LogP contribution >= 0.6 is 11.6 Å². The fraction of sp³-hybridized carbons (Fsp3) is 0.500. The van der Waals surface area contributed by atoms with E-state index in [1.165, 1.54) is 32.0 Å². The highest BCUT2D eigenvalue weighted by molar-refractivity contribution is 6.31. The molecule has 0 saturated carbocycles. The highest BCUT2D eigenvalue weighted by atomic mass is 35.5. The SMILES string of the molecule is CCCCCCC(C)Nc1cc(Cl)ccc1-n1cncn1. The van der Waals surface area contributed by atoms with Crippen LogP contribution in [0, 0.1) is 0 Å². The molecule has 0 amide bonds. The molecule has 4 nitrogen and oxygen atoms in total. The van der Waals surface area contributed by atoms with Crippen LogP contribution in [0.25, 0.3) is 5.69 Å². The Bertz CT molecular complexity index is 539. The summed E-state index contributed by atoms with van der Waals surface area (Å²) in [5.74, 6) is 0. The molecule has 0 bridgehead atoms. The van der Waals surface area contributed by atoms with Crippen LogP contribution in [0.5, 0.6) is 0 Å². The van der Waals surface area contributed by atoms with Crippen molar-refractivity contribution in [2.24, 2.45) is 0 Å². The average Bonchev–Trinajstić information content (AvgIpc) is 2.98. The third-order valence-electron chi connectivity index (χ3n) is 3.52. The van der Waals surface area contributed by atoms with E-state index in [-0.39, 0.29) is 0 Å². The molecule has 0 fully saturated rings. The lowest BCUT2D eigenvalue weighted by molar-refractivity contribution is 0.593. The molecule has 1 atom stereocenters. The van der Waals surface area contributed by atoms with Crippen LogP contribution in [-0.2, 0) is 0 Å². The van der Waals surface area contributed by atoms with Crippen molar-refractivity contribution in [1.82, 2.24) is 14.8 Å². The number of hydrogen-bond acceptors (Lipinski definition) is 3. The number of nitrogens with zero attached hydrogens (tertiary/aromatic N) is 3. The van der Waals surface area contributed by atoms with Gasteiger partial charge in [0.1, 0.15) is 12.7 Å². The Hall–Kier alpha value is -1.55. The molecule has 1 aromatic heterocycles. The Kier molecular flexibility index (Phi) is 6.05. The Morgan fingerprint density at radius 2 is 2.14 bits per heavy atom. The van der Waals surface area contributed by atoms with Crippen molar-refractivity contribution in [3.05, 3.63) is 35.9 Å². The van der Waals surface area contributed by atoms with Crippen LogP contribution in [0.4, 0.5) is 5.69 Å². The van der Waals surface area contributed by atoms with Gasteiger partial charge in [0.05, 0.1) is 11.4 Å². The molecule has 21 heavy (non-hydrogen) atoms. The van der Waals surface area contributed by atoms with Crippen LogP contribution in [0.2, 0.25) is 5.02 Å². The van der Waals surface area contributed by atoms with E-state index in [0.717, 1.165) is 22.8 Å². The van der Waals surface area contributed by atoms with E-state index >= 15 is 0 Å². The third kappa shape index (κ3) is 4.74. The number of rotatable bonds is 8. The maximum absolute atomic E-state index is 6.12. The van der Waals surface area contributed by atoms with Crippen molar-refractivity contribution >= 4 is 17.3 Å². The van der Waals surface area contributed by atoms with Crippen LogP contribution in [0.15, 0.2) is 30.9 Å². The highest BCUT2D eigenvalue weighted by Gasteiger charge is 2.09. The normalized spacial score (nSPS) is 12.3. The topological polar surface area (TPSA) is 42.7 Å². The zero-order valence-electron chi connectivity index (χ0n) is 12.7. The van der Waals surface area contributed by atoms with Crippen molar-refractivity contribution in [2.45, 2.75) is 52.0 Å². The minimum atomic E-state index is 0.405. The van der Waals surface area contributed by atoms with Gasteiger partial charge in [-0.2, -0.15) is 5.10 Å². The second-order valence-electron chi connectivity index (χ2n) is 5.40. The number of nitrogens with one attached hydrogen (secondary N) is 1. The zero-order valence-corrected chi connectivity index (χ0v) is 13.5. The van der Waals surface area contributed by atoms with E-state index in [1.807, 2.05) is 18.2 Å². The van der Waals surface area contributed by atoms with Gasteiger partial charge in [-0.15, -0.1) is 0 Å². The first kappa shape index (κ1) is 15.8. The summed E-state index contributed by atoms with van der Waals surface area (Å²) in [6.45, 7) is 4.44. The van der Waals surface area contributed by atoms with Gasteiger partial charge in [0.25, 0.3) is 0 Å². The monoisotopic (exact) mass is 306 g/mol. The molecule has 0 saturated heterocycles. The number of hydrogen-bond donors (Lipinski definition) is 1. The van der Waals surface area contributed by atoms with E-state index in [2.05, 4.69) is 29.2 Å². The molecule has 2 aromatic rings. The molecule has 114 valence electrons. The van der Waals surface area contributed by atoms with E-state index < -0.39 is 0 Å². The van der Waals surface area contributed by atoms with Gasteiger partial charge in [0.15, 0.2) is 0 Å². The summed E-state index contributed by atoms with van der Waals surface area (Å²) >= 11 is 6.12. The molecule has 0 aliphatic carbocycles. The molecule has 0 aliphatic rings. The molecule has 1 aromatic carbocycles. The predicted molar refractivity (Wildman–Crippen MR) is 88.2 cm³/mol. The number of halogens is 1. The quantitative estimate of drug-likeness (QED) is 0.719. The van der Waals surface area contributed by atoms with Crippen molar-refractivity contribution in [2.75, 3.05) is 5.32 Å². The maximum atomic E-state index is 6.12. The Morgan fingerprint density at radius 3 is 2.86 bits per heavy atom. The Labute approximate surface area is 131 Å². The fourth-order valence-corrected chi connectivity index (χ4v) is 2.54. The maximum Gasteiger partial charge on any atom is 0.138 e. The standard InChI is InChI=1S/C16H23ClN4/c1-3-4-5-6-7-13(2)20-15-10-14(17)8-9-16(15)21-12-18-11-19-21/h8-13,20H,3-7H2,1-2H3. The Balaban J connectivity index is 2.03. The van der Waals surface area contributed by atoms with Gasteiger partial charge >= 0.3 is 0 Å². The van der Waals surface area contributed by atoms with Gasteiger partial charge in [-0.3, -0.25) is 0 Å². The molecule has 0 radical (unpaired) electrons. The number of anilines is 1. The molecule has 0 spiro atoms. The molecule has 1 N–H and O–H groups in total. The minimum Gasteiger partial charge on any atom is -0.381 e. The number of unbranched alkanes of at least 4 members (excludes halogenated alkanes) is 3. The first-order valence-corrected chi connectivity index (χ1v) is 7.99. The third-order valence-corrected chi connectivity index (χ3v) is 3.75. The second-order valence-corrected chi connectivity index (χ2v) is 5.83. The van der Waals surface area contributed by atoms with Gasteiger partial charge in [-0.1, -0.05) is 44.2 Å².